The number of nitrogens with one attached hydrogen (secondary N) is 1. The molecular weight excluding hydrogens is 290 g/mol. The highest BCUT2D eigenvalue weighted by Gasteiger charge is 2.09. The number of H-pyrrole nitrogens is 1. The van der Waals surface area contributed by atoms with E-state index in [0.717, 1.165) is 22.2 Å². The SMILES string of the molecule is COc1cc(/C=C(\C#N)c2nc3ccc(C)cc3[nH]2)ccc1O. The molecule has 1 heterocycles. The molecule has 3 rings (SSSR count). The molecule has 5 heteroatoms. The van der Waals surface area contributed by atoms with Gasteiger partial charge in [0.15, 0.2) is 11.5 Å². The number of imidazole rings is 1. The number of nitriles is 1. The van der Waals surface area contributed by atoms with Gasteiger partial charge in [-0.15, -0.1) is 0 Å². The van der Waals surface area contributed by atoms with Gasteiger partial charge in [-0.05, 0) is 48.4 Å². The Morgan fingerprint density at radius 3 is 2.87 bits per heavy atom. The number of rotatable bonds is 3. The Kier molecular flexibility index (Phi) is 3.73. The molecular formula is C18H15N3O2. The minimum Gasteiger partial charge on any atom is -0.504 e. The van der Waals surface area contributed by atoms with Crippen molar-refractivity contribution in [3.63, 3.8) is 0 Å². The van der Waals surface area contributed by atoms with Crippen molar-refractivity contribution in [2.45, 2.75) is 6.92 Å². The number of phenolic OH excluding ortho intramolecular Hbond substituents is 1. The summed E-state index contributed by atoms with van der Waals surface area (Å²) in [6.45, 7) is 2.00. The van der Waals surface area contributed by atoms with Crippen LogP contribution < -0.4 is 4.74 Å². The van der Waals surface area contributed by atoms with Crippen LogP contribution in [0.4, 0.5) is 0 Å². The van der Waals surface area contributed by atoms with Gasteiger partial charge in [0, 0.05) is 0 Å². The molecule has 0 unspecified atom stereocenters. The van der Waals surface area contributed by atoms with E-state index in [-0.39, 0.29) is 5.75 Å². The van der Waals surface area contributed by atoms with Gasteiger partial charge in [0.25, 0.3) is 0 Å². The summed E-state index contributed by atoms with van der Waals surface area (Å²) in [5.41, 5.74) is 3.98. The Morgan fingerprint density at radius 2 is 2.13 bits per heavy atom. The largest absolute Gasteiger partial charge is 0.504 e. The first-order chi connectivity index (χ1) is 11.1. The van der Waals surface area contributed by atoms with Gasteiger partial charge in [-0.25, -0.2) is 4.98 Å². The molecule has 0 aliphatic heterocycles. The highest BCUT2D eigenvalue weighted by Crippen LogP contribution is 2.28. The molecule has 2 aromatic carbocycles. The second-order valence-electron chi connectivity index (χ2n) is 5.21. The number of hydrogen-bond donors (Lipinski definition) is 2. The molecule has 0 saturated carbocycles. The van der Waals surface area contributed by atoms with E-state index in [4.69, 9.17) is 4.74 Å². The van der Waals surface area contributed by atoms with Crippen LogP contribution in [-0.2, 0) is 0 Å². The maximum absolute atomic E-state index is 9.64. The average molecular weight is 305 g/mol. The molecule has 0 spiro atoms. The molecule has 0 aliphatic carbocycles. The van der Waals surface area contributed by atoms with Crippen LogP contribution in [0.2, 0.25) is 0 Å². The lowest BCUT2D eigenvalue weighted by molar-refractivity contribution is 0.373. The normalized spacial score (nSPS) is 11.4. The number of allylic oxidation sites excluding steroid dienone is 1. The number of benzene rings is 2. The van der Waals surface area contributed by atoms with E-state index in [0.29, 0.717) is 17.1 Å². The molecule has 5 nitrogen and oxygen atoms in total. The summed E-state index contributed by atoms with van der Waals surface area (Å²) in [5, 5.41) is 19.1. The van der Waals surface area contributed by atoms with E-state index in [1.165, 1.54) is 13.2 Å². The van der Waals surface area contributed by atoms with Gasteiger partial charge in [-0.2, -0.15) is 5.26 Å². The van der Waals surface area contributed by atoms with Crippen molar-refractivity contribution in [1.82, 2.24) is 9.97 Å². The quantitative estimate of drug-likeness (QED) is 0.724. The first kappa shape index (κ1) is 14.7. The van der Waals surface area contributed by atoms with Crippen LogP contribution in [0.1, 0.15) is 17.0 Å². The first-order valence-electron chi connectivity index (χ1n) is 7.06. The van der Waals surface area contributed by atoms with Crippen molar-refractivity contribution >= 4 is 22.7 Å². The number of nitrogens with zero attached hydrogens (tertiary/aromatic N) is 2. The Hall–Kier alpha value is -3.26. The number of methoxy groups -OCH3 is 1. The summed E-state index contributed by atoms with van der Waals surface area (Å²) in [6, 6.07) is 13.0. The van der Waals surface area contributed by atoms with Crippen LogP contribution in [0.3, 0.4) is 0 Å². The Labute approximate surface area is 133 Å². The fraction of sp³-hybridized carbons (Fsp3) is 0.111. The number of ether oxygens (including phenoxy) is 1. The zero-order valence-corrected chi connectivity index (χ0v) is 12.8. The number of phenols is 1. The Balaban J connectivity index is 2.05. The van der Waals surface area contributed by atoms with Crippen LogP contribution in [0.5, 0.6) is 11.5 Å². The zero-order valence-electron chi connectivity index (χ0n) is 12.8. The van der Waals surface area contributed by atoms with Crippen LogP contribution >= 0.6 is 0 Å². The molecule has 0 bridgehead atoms. The monoisotopic (exact) mass is 305 g/mol. The number of aromatic nitrogens is 2. The van der Waals surface area contributed by atoms with Crippen molar-refractivity contribution in [2.24, 2.45) is 0 Å². The van der Waals surface area contributed by atoms with Gasteiger partial charge in [0.1, 0.15) is 11.9 Å². The fourth-order valence-corrected chi connectivity index (χ4v) is 2.36. The molecule has 0 aliphatic rings. The van der Waals surface area contributed by atoms with Crippen molar-refractivity contribution < 1.29 is 9.84 Å². The molecule has 0 atom stereocenters. The van der Waals surface area contributed by atoms with Gasteiger partial charge in [-0.1, -0.05) is 12.1 Å². The predicted octanol–water partition coefficient (Wildman–Crippen LogP) is 3.65. The van der Waals surface area contributed by atoms with E-state index in [9.17, 15) is 10.4 Å². The van der Waals surface area contributed by atoms with Crippen LogP contribution in [0, 0.1) is 18.3 Å². The van der Waals surface area contributed by atoms with Crippen molar-refractivity contribution in [3.05, 3.63) is 53.3 Å². The number of aromatic hydroxyl groups is 1. The van der Waals surface area contributed by atoms with Gasteiger partial charge < -0.3 is 14.8 Å². The van der Waals surface area contributed by atoms with E-state index in [1.54, 1.807) is 18.2 Å². The third-order valence-electron chi connectivity index (χ3n) is 3.53. The van der Waals surface area contributed by atoms with Crippen molar-refractivity contribution in [2.75, 3.05) is 7.11 Å². The van der Waals surface area contributed by atoms with Gasteiger partial charge in [0.2, 0.25) is 0 Å². The lowest BCUT2D eigenvalue weighted by Gasteiger charge is -2.04. The second-order valence-corrected chi connectivity index (χ2v) is 5.21. The first-order valence-corrected chi connectivity index (χ1v) is 7.06. The zero-order chi connectivity index (χ0) is 16.4. The standard InChI is InChI=1S/C18H15N3O2/c1-11-3-5-14-15(7-11)21-18(20-14)13(10-19)8-12-4-6-16(22)17(9-12)23-2/h3-9,22H,1-2H3,(H,20,21)/b13-8+. The predicted molar refractivity (Wildman–Crippen MR) is 89.0 cm³/mol. The Bertz CT molecular complexity index is 949. The fourth-order valence-electron chi connectivity index (χ4n) is 2.36. The Morgan fingerprint density at radius 1 is 1.30 bits per heavy atom. The summed E-state index contributed by atoms with van der Waals surface area (Å²) in [5.74, 6) is 0.929. The smallest absolute Gasteiger partial charge is 0.161 e. The highest BCUT2D eigenvalue weighted by molar-refractivity contribution is 5.90. The van der Waals surface area contributed by atoms with E-state index >= 15 is 0 Å². The van der Waals surface area contributed by atoms with Crippen LogP contribution in [0.25, 0.3) is 22.7 Å². The van der Waals surface area contributed by atoms with Gasteiger partial charge >= 0.3 is 0 Å². The lowest BCUT2D eigenvalue weighted by Crippen LogP contribution is -1.87. The van der Waals surface area contributed by atoms with E-state index in [2.05, 4.69) is 16.0 Å². The average Bonchev–Trinajstić information content (AvgIpc) is 2.96. The minimum atomic E-state index is 0.0577. The number of hydrogen-bond acceptors (Lipinski definition) is 4. The molecule has 2 N–H and O–H groups in total. The molecule has 1 aromatic heterocycles. The summed E-state index contributed by atoms with van der Waals surface area (Å²) in [4.78, 5) is 7.62. The molecule has 114 valence electrons. The van der Waals surface area contributed by atoms with E-state index < -0.39 is 0 Å². The van der Waals surface area contributed by atoms with Gasteiger partial charge in [-0.3, -0.25) is 0 Å². The molecule has 0 saturated heterocycles. The van der Waals surface area contributed by atoms with Crippen LogP contribution in [-0.4, -0.2) is 22.2 Å². The van der Waals surface area contributed by atoms with Crippen LogP contribution in [0.15, 0.2) is 36.4 Å². The molecule has 23 heavy (non-hydrogen) atoms. The van der Waals surface area contributed by atoms with Gasteiger partial charge in [0.05, 0.1) is 23.7 Å². The topological polar surface area (TPSA) is 81.9 Å². The van der Waals surface area contributed by atoms with E-state index in [1.807, 2.05) is 25.1 Å². The minimum absolute atomic E-state index is 0.0577. The second kappa shape index (κ2) is 5.85. The number of aryl methyl sites for hydroxylation is 1. The summed E-state index contributed by atoms with van der Waals surface area (Å²) < 4.78 is 5.08. The maximum atomic E-state index is 9.64. The summed E-state index contributed by atoms with van der Waals surface area (Å²) >= 11 is 0. The molecule has 0 amide bonds. The third-order valence-corrected chi connectivity index (χ3v) is 3.53. The number of aromatic amines is 1. The maximum Gasteiger partial charge on any atom is 0.161 e. The molecule has 0 radical (unpaired) electrons. The lowest BCUT2D eigenvalue weighted by atomic mass is 10.1. The van der Waals surface area contributed by atoms with Crippen molar-refractivity contribution in [1.29, 1.82) is 5.26 Å². The highest BCUT2D eigenvalue weighted by atomic mass is 16.5. The summed E-state index contributed by atoms with van der Waals surface area (Å²) in [6.07, 6.45) is 1.70. The molecule has 0 fully saturated rings. The molecule has 3 aromatic rings. The summed E-state index contributed by atoms with van der Waals surface area (Å²) in [7, 11) is 1.48. The number of fused-ring (bicyclic) bond motifs is 1. The van der Waals surface area contributed by atoms with Crippen molar-refractivity contribution in [3.8, 4) is 17.6 Å². The third kappa shape index (κ3) is 2.87.